The molecule has 0 atom stereocenters. The highest BCUT2D eigenvalue weighted by Gasteiger charge is 2.22. The fourth-order valence-corrected chi connectivity index (χ4v) is 3.33. The van der Waals surface area contributed by atoms with E-state index in [9.17, 15) is 13.2 Å². The Morgan fingerprint density at radius 3 is 2.43 bits per heavy atom. The summed E-state index contributed by atoms with van der Waals surface area (Å²) in [5.74, 6) is -0.920. The van der Waals surface area contributed by atoms with E-state index in [1.807, 2.05) is 30.3 Å². The second kappa shape index (κ2) is 7.95. The number of hydrogen-bond acceptors (Lipinski definition) is 3. The van der Waals surface area contributed by atoms with Gasteiger partial charge in [0, 0.05) is 24.4 Å². The molecule has 0 amide bonds. The first kappa shape index (κ1) is 17.4. The van der Waals surface area contributed by atoms with Crippen LogP contribution in [0.1, 0.15) is 32.3 Å². The van der Waals surface area contributed by atoms with Crippen LogP contribution in [0.5, 0.6) is 0 Å². The van der Waals surface area contributed by atoms with E-state index in [0.717, 1.165) is 5.56 Å². The zero-order valence-corrected chi connectivity index (χ0v) is 13.1. The molecule has 0 spiro atoms. The lowest BCUT2D eigenvalue weighted by Gasteiger charge is -2.23. The monoisotopic (exact) mass is 311 g/mol. The molecule has 1 N–H and O–H groups in total. The van der Waals surface area contributed by atoms with Gasteiger partial charge < -0.3 is 5.11 Å². The summed E-state index contributed by atoms with van der Waals surface area (Å²) < 4.78 is 25.9. The number of hydrogen-bond donors (Lipinski definition) is 1. The number of carbonyl (C=O) groups is 1. The van der Waals surface area contributed by atoms with Gasteiger partial charge in [0.1, 0.15) is 0 Å². The number of carboxylic acids is 1. The van der Waals surface area contributed by atoms with Crippen LogP contribution in [0.25, 0.3) is 6.08 Å². The number of nitrogens with zero attached hydrogens (tertiary/aromatic N) is 1. The second-order valence-corrected chi connectivity index (χ2v) is 6.73. The number of aliphatic carboxylic acids is 1. The largest absolute Gasteiger partial charge is 0.481 e. The third kappa shape index (κ3) is 6.10. The van der Waals surface area contributed by atoms with Crippen molar-refractivity contribution in [1.82, 2.24) is 4.31 Å². The van der Waals surface area contributed by atoms with E-state index in [2.05, 4.69) is 0 Å². The fourth-order valence-electron chi connectivity index (χ4n) is 1.87. The molecule has 0 saturated heterocycles. The smallest absolute Gasteiger partial charge is 0.303 e. The van der Waals surface area contributed by atoms with E-state index in [1.165, 1.54) is 9.71 Å². The highest BCUT2D eigenvalue weighted by Crippen LogP contribution is 2.13. The van der Waals surface area contributed by atoms with Gasteiger partial charge >= 0.3 is 5.97 Å². The van der Waals surface area contributed by atoms with Crippen LogP contribution >= 0.6 is 0 Å². The first-order valence-corrected chi connectivity index (χ1v) is 8.30. The summed E-state index contributed by atoms with van der Waals surface area (Å²) in [6.07, 6.45) is 1.80. The van der Waals surface area contributed by atoms with E-state index in [-0.39, 0.29) is 19.0 Å². The summed E-state index contributed by atoms with van der Waals surface area (Å²) in [6.45, 7) is 3.74. The Balaban J connectivity index is 2.80. The van der Waals surface area contributed by atoms with Crippen molar-refractivity contribution in [3.63, 3.8) is 0 Å². The fraction of sp³-hybridized carbons (Fsp3) is 0.400. The zero-order valence-electron chi connectivity index (χ0n) is 12.3. The van der Waals surface area contributed by atoms with Crippen molar-refractivity contribution < 1.29 is 18.3 Å². The minimum Gasteiger partial charge on any atom is -0.481 e. The third-order valence-electron chi connectivity index (χ3n) is 2.90. The molecule has 0 aliphatic rings. The summed E-state index contributed by atoms with van der Waals surface area (Å²) in [6, 6.07) is 8.94. The summed E-state index contributed by atoms with van der Waals surface area (Å²) in [5, 5.41) is 9.81. The van der Waals surface area contributed by atoms with Crippen molar-refractivity contribution in [3.05, 3.63) is 41.3 Å². The standard InChI is InChI=1S/C15H21NO4S/c1-13(2)16(11-6-9-15(17)18)21(19,20)12-10-14-7-4-3-5-8-14/h3-5,7-8,10,12-13H,6,9,11H2,1-2H3,(H,17,18)/b12-10+. The van der Waals surface area contributed by atoms with Crippen molar-refractivity contribution >= 4 is 22.1 Å². The molecule has 1 aromatic carbocycles. The molecule has 0 aromatic heterocycles. The van der Waals surface area contributed by atoms with E-state index < -0.39 is 16.0 Å². The highest BCUT2D eigenvalue weighted by molar-refractivity contribution is 7.92. The van der Waals surface area contributed by atoms with E-state index in [0.29, 0.717) is 6.42 Å². The highest BCUT2D eigenvalue weighted by atomic mass is 32.2. The van der Waals surface area contributed by atoms with Crippen molar-refractivity contribution in [3.8, 4) is 0 Å². The Morgan fingerprint density at radius 2 is 1.90 bits per heavy atom. The van der Waals surface area contributed by atoms with Gasteiger partial charge in [0.25, 0.3) is 0 Å². The quantitative estimate of drug-likeness (QED) is 0.800. The van der Waals surface area contributed by atoms with Crippen LogP contribution in [0.4, 0.5) is 0 Å². The van der Waals surface area contributed by atoms with Crippen LogP contribution in [-0.2, 0) is 14.8 Å². The van der Waals surface area contributed by atoms with Crippen LogP contribution in [0.15, 0.2) is 35.7 Å². The predicted octanol–water partition coefficient (Wildman–Crippen LogP) is 2.56. The molecule has 21 heavy (non-hydrogen) atoms. The van der Waals surface area contributed by atoms with Crippen molar-refractivity contribution in [1.29, 1.82) is 0 Å². The molecular formula is C15H21NO4S. The molecule has 0 fully saturated rings. The zero-order chi connectivity index (χ0) is 15.9. The van der Waals surface area contributed by atoms with Gasteiger partial charge in [-0.25, -0.2) is 8.42 Å². The molecule has 0 aliphatic heterocycles. The predicted molar refractivity (Wildman–Crippen MR) is 83.1 cm³/mol. The Hall–Kier alpha value is -1.66. The second-order valence-electron chi connectivity index (χ2n) is 4.96. The van der Waals surface area contributed by atoms with E-state index in [1.54, 1.807) is 19.9 Å². The first-order chi connectivity index (χ1) is 9.83. The Kier molecular flexibility index (Phi) is 6.58. The van der Waals surface area contributed by atoms with Crippen molar-refractivity contribution in [2.24, 2.45) is 0 Å². The number of sulfonamides is 1. The van der Waals surface area contributed by atoms with Crippen LogP contribution in [0.2, 0.25) is 0 Å². The van der Waals surface area contributed by atoms with Crippen LogP contribution in [0.3, 0.4) is 0 Å². The SMILES string of the molecule is CC(C)N(CCCC(=O)O)S(=O)(=O)/C=C/c1ccccc1. The van der Waals surface area contributed by atoms with Crippen LogP contribution < -0.4 is 0 Å². The lowest BCUT2D eigenvalue weighted by atomic mass is 10.2. The summed E-state index contributed by atoms with van der Waals surface area (Å²) >= 11 is 0. The molecule has 0 aliphatic carbocycles. The minimum absolute atomic E-state index is 0.0405. The molecule has 0 bridgehead atoms. The van der Waals surface area contributed by atoms with Gasteiger partial charge in [-0.3, -0.25) is 4.79 Å². The Bertz CT molecular complexity index is 579. The van der Waals surface area contributed by atoms with Gasteiger partial charge in [-0.15, -0.1) is 0 Å². The minimum atomic E-state index is -3.56. The van der Waals surface area contributed by atoms with Gasteiger partial charge in [0.05, 0.1) is 0 Å². The first-order valence-electron chi connectivity index (χ1n) is 6.79. The molecule has 1 rings (SSSR count). The molecule has 0 saturated carbocycles. The maximum Gasteiger partial charge on any atom is 0.303 e. The van der Waals surface area contributed by atoms with Crippen molar-refractivity contribution in [2.75, 3.05) is 6.54 Å². The number of carboxylic acid groups (broad SMARTS) is 1. The average Bonchev–Trinajstić information content (AvgIpc) is 2.42. The average molecular weight is 311 g/mol. The summed E-state index contributed by atoms with van der Waals surface area (Å²) in [4.78, 5) is 10.5. The molecule has 5 nitrogen and oxygen atoms in total. The molecule has 6 heteroatoms. The Labute approximate surface area is 126 Å². The van der Waals surface area contributed by atoms with Gasteiger partial charge in [0.2, 0.25) is 10.0 Å². The number of rotatable bonds is 8. The Morgan fingerprint density at radius 1 is 1.29 bits per heavy atom. The van der Waals surface area contributed by atoms with Crippen molar-refractivity contribution in [2.45, 2.75) is 32.7 Å². The van der Waals surface area contributed by atoms with Gasteiger partial charge in [-0.2, -0.15) is 4.31 Å². The van der Waals surface area contributed by atoms with E-state index >= 15 is 0 Å². The van der Waals surface area contributed by atoms with Gasteiger partial charge in [-0.1, -0.05) is 30.3 Å². The molecule has 116 valence electrons. The maximum atomic E-state index is 12.3. The molecule has 0 radical (unpaired) electrons. The van der Waals surface area contributed by atoms with Gasteiger partial charge in [-0.05, 0) is 31.9 Å². The molecule has 0 unspecified atom stereocenters. The van der Waals surface area contributed by atoms with E-state index in [4.69, 9.17) is 5.11 Å². The van der Waals surface area contributed by atoms with Crippen LogP contribution in [0, 0.1) is 0 Å². The molecule has 1 aromatic rings. The lowest BCUT2D eigenvalue weighted by molar-refractivity contribution is -0.137. The van der Waals surface area contributed by atoms with Gasteiger partial charge in [0.15, 0.2) is 0 Å². The topological polar surface area (TPSA) is 74.7 Å². The summed E-state index contributed by atoms with van der Waals surface area (Å²) in [7, 11) is -3.56. The van der Waals surface area contributed by atoms with Crippen LogP contribution in [-0.4, -0.2) is 36.4 Å². The molecule has 0 heterocycles. The third-order valence-corrected chi connectivity index (χ3v) is 4.64. The maximum absolute atomic E-state index is 12.3. The number of benzene rings is 1. The molecular weight excluding hydrogens is 290 g/mol. The lowest BCUT2D eigenvalue weighted by Crippen LogP contribution is -2.36. The normalized spacial score (nSPS) is 12.4. The summed E-state index contributed by atoms with van der Waals surface area (Å²) in [5.41, 5.74) is 0.801.